The zero-order valence-electron chi connectivity index (χ0n) is 19.9. The Balaban J connectivity index is 1.68. The zero-order chi connectivity index (χ0) is 25.4. The fourth-order valence-electron chi connectivity index (χ4n) is 3.49. The lowest BCUT2D eigenvalue weighted by atomic mass is 10.2. The van der Waals surface area contributed by atoms with Crippen molar-refractivity contribution in [1.29, 1.82) is 0 Å². The van der Waals surface area contributed by atoms with Gasteiger partial charge in [0.25, 0.3) is 15.9 Å². The Morgan fingerprint density at radius 1 is 0.914 bits per heavy atom. The maximum atomic E-state index is 13.2. The Bertz CT molecular complexity index is 1280. The van der Waals surface area contributed by atoms with E-state index in [2.05, 4.69) is 0 Å². The summed E-state index contributed by atoms with van der Waals surface area (Å²) in [7, 11) is -0.760. The van der Waals surface area contributed by atoms with Gasteiger partial charge in [0.1, 0.15) is 5.75 Å². The lowest BCUT2D eigenvalue weighted by molar-refractivity contribution is -0.133. The summed E-state index contributed by atoms with van der Waals surface area (Å²) in [6, 6.07) is 21.6. The number of carbonyl (C=O) groups is 2. The monoisotopic (exact) mass is 496 g/mol. The molecule has 0 saturated carbocycles. The minimum atomic E-state index is -3.91. The third kappa shape index (κ3) is 6.19. The average molecular weight is 497 g/mol. The molecule has 0 aliphatic carbocycles. The zero-order valence-corrected chi connectivity index (χ0v) is 20.7. The van der Waals surface area contributed by atoms with Crippen LogP contribution in [-0.2, 0) is 26.1 Å². The lowest BCUT2D eigenvalue weighted by Crippen LogP contribution is -2.31. The molecule has 0 heterocycles. The van der Waals surface area contributed by atoms with Crippen LogP contribution in [0.15, 0.2) is 83.8 Å². The number of methoxy groups -OCH3 is 1. The van der Waals surface area contributed by atoms with Crippen LogP contribution in [0, 0.1) is 0 Å². The Labute approximate surface area is 205 Å². The molecule has 0 saturated heterocycles. The molecule has 0 aliphatic rings. The smallest absolute Gasteiger partial charge is 0.338 e. The van der Waals surface area contributed by atoms with Gasteiger partial charge in [-0.25, -0.2) is 13.2 Å². The normalized spacial score (nSPS) is 10.9. The predicted octanol–water partition coefficient (Wildman–Crippen LogP) is 3.73. The maximum absolute atomic E-state index is 13.2. The molecule has 3 aromatic carbocycles. The van der Waals surface area contributed by atoms with Crippen molar-refractivity contribution >= 4 is 27.6 Å². The van der Waals surface area contributed by atoms with E-state index in [1.54, 1.807) is 57.5 Å². The van der Waals surface area contributed by atoms with Crippen molar-refractivity contribution in [3.05, 3.63) is 90.0 Å². The number of nitrogens with zero attached hydrogens (tertiary/aromatic N) is 2. The molecule has 3 aromatic rings. The van der Waals surface area contributed by atoms with Crippen LogP contribution in [0.2, 0.25) is 0 Å². The molecule has 0 spiro atoms. The van der Waals surface area contributed by atoms with Crippen molar-refractivity contribution in [3.8, 4) is 5.75 Å². The average Bonchev–Trinajstić information content (AvgIpc) is 2.88. The molecule has 0 N–H and O–H groups in total. The summed E-state index contributed by atoms with van der Waals surface area (Å²) >= 11 is 0. The van der Waals surface area contributed by atoms with Crippen molar-refractivity contribution < 1.29 is 27.5 Å². The van der Waals surface area contributed by atoms with Crippen LogP contribution < -0.4 is 9.04 Å². The summed E-state index contributed by atoms with van der Waals surface area (Å²) < 4.78 is 38.2. The van der Waals surface area contributed by atoms with Crippen LogP contribution in [0.25, 0.3) is 0 Å². The van der Waals surface area contributed by atoms with E-state index >= 15 is 0 Å². The highest BCUT2D eigenvalue weighted by Gasteiger charge is 2.25. The highest BCUT2D eigenvalue weighted by molar-refractivity contribution is 7.92. The lowest BCUT2D eigenvalue weighted by Gasteiger charge is -2.23. The van der Waals surface area contributed by atoms with Gasteiger partial charge in [-0.05, 0) is 43.3 Å². The summed E-state index contributed by atoms with van der Waals surface area (Å²) in [4.78, 5) is 26.5. The SMILES string of the molecule is CCN(c1ccccc1)S(=O)(=O)c1cccc(C(=O)OCC(=O)N(C)Cc2ccccc2OC)c1. The molecule has 1 amide bonds. The molecule has 184 valence electrons. The van der Waals surface area contributed by atoms with E-state index in [0.29, 0.717) is 11.4 Å². The number of carbonyl (C=O) groups excluding carboxylic acids is 2. The summed E-state index contributed by atoms with van der Waals surface area (Å²) in [5.41, 5.74) is 1.37. The van der Waals surface area contributed by atoms with Gasteiger partial charge in [-0.2, -0.15) is 0 Å². The summed E-state index contributed by atoms with van der Waals surface area (Å²) in [5, 5.41) is 0. The van der Waals surface area contributed by atoms with E-state index in [1.165, 1.54) is 33.5 Å². The topological polar surface area (TPSA) is 93.2 Å². The van der Waals surface area contributed by atoms with Crippen molar-refractivity contribution in [1.82, 2.24) is 4.90 Å². The quantitative estimate of drug-likeness (QED) is 0.397. The molecule has 0 aliphatic heterocycles. The predicted molar refractivity (Wildman–Crippen MR) is 133 cm³/mol. The van der Waals surface area contributed by atoms with Crippen LogP contribution in [0.3, 0.4) is 0 Å². The first kappa shape index (κ1) is 25.8. The molecule has 0 bridgehead atoms. The fraction of sp³-hybridized carbons (Fsp3) is 0.231. The number of amides is 1. The molecular weight excluding hydrogens is 468 g/mol. The van der Waals surface area contributed by atoms with Crippen molar-refractivity contribution in [2.75, 3.05) is 31.6 Å². The molecule has 0 fully saturated rings. The number of benzene rings is 3. The van der Waals surface area contributed by atoms with Crippen molar-refractivity contribution in [2.45, 2.75) is 18.4 Å². The van der Waals surface area contributed by atoms with Gasteiger partial charge in [-0.15, -0.1) is 0 Å². The summed E-state index contributed by atoms with van der Waals surface area (Å²) in [5.74, 6) is -0.545. The Morgan fingerprint density at radius 2 is 1.60 bits per heavy atom. The summed E-state index contributed by atoms with van der Waals surface area (Å²) in [6.45, 7) is 1.75. The van der Waals surface area contributed by atoms with Gasteiger partial charge in [0.15, 0.2) is 6.61 Å². The van der Waals surface area contributed by atoms with E-state index in [0.717, 1.165) is 5.56 Å². The fourth-order valence-corrected chi connectivity index (χ4v) is 5.01. The molecule has 0 unspecified atom stereocenters. The molecule has 0 atom stereocenters. The van der Waals surface area contributed by atoms with Crippen LogP contribution in [-0.4, -0.2) is 52.5 Å². The van der Waals surface area contributed by atoms with Crippen LogP contribution >= 0.6 is 0 Å². The van der Waals surface area contributed by atoms with Crippen molar-refractivity contribution in [3.63, 3.8) is 0 Å². The van der Waals surface area contributed by atoms with Crippen LogP contribution in [0.5, 0.6) is 5.75 Å². The number of rotatable bonds is 10. The molecule has 0 aromatic heterocycles. The maximum Gasteiger partial charge on any atom is 0.338 e. The van der Waals surface area contributed by atoms with E-state index in [4.69, 9.17) is 9.47 Å². The Morgan fingerprint density at radius 3 is 2.29 bits per heavy atom. The van der Waals surface area contributed by atoms with Crippen molar-refractivity contribution in [2.24, 2.45) is 0 Å². The number of para-hydroxylation sites is 2. The third-order valence-corrected chi connectivity index (χ3v) is 7.24. The van der Waals surface area contributed by atoms with E-state index < -0.39 is 28.5 Å². The van der Waals surface area contributed by atoms with E-state index in [-0.39, 0.29) is 23.5 Å². The van der Waals surface area contributed by atoms with Gasteiger partial charge in [0.2, 0.25) is 0 Å². The van der Waals surface area contributed by atoms with Gasteiger partial charge in [0, 0.05) is 25.7 Å². The first-order valence-electron chi connectivity index (χ1n) is 11.0. The second kappa shape index (κ2) is 11.5. The number of esters is 1. The van der Waals surface area contributed by atoms with Gasteiger partial charge in [-0.3, -0.25) is 9.10 Å². The number of ether oxygens (including phenoxy) is 2. The first-order chi connectivity index (χ1) is 16.8. The van der Waals surface area contributed by atoms with Gasteiger partial charge < -0.3 is 14.4 Å². The number of anilines is 1. The number of sulfonamides is 1. The minimum Gasteiger partial charge on any atom is -0.496 e. The standard InChI is InChI=1S/C26H28N2O6S/c1-4-28(22-13-6-5-7-14-22)35(31,32)23-15-10-12-20(17-23)26(30)34-19-25(29)27(2)18-21-11-8-9-16-24(21)33-3/h5-17H,4,18-19H2,1-3H3. The molecular formula is C26H28N2O6S. The minimum absolute atomic E-state index is 0.0374. The number of hydrogen-bond acceptors (Lipinski definition) is 6. The highest BCUT2D eigenvalue weighted by Crippen LogP contribution is 2.24. The second-order valence-electron chi connectivity index (χ2n) is 7.67. The largest absolute Gasteiger partial charge is 0.496 e. The Kier molecular flexibility index (Phi) is 8.48. The number of likely N-dealkylation sites (N-methyl/N-ethyl adjacent to an activating group) is 1. The molecule has 8 nitrogen and oxygen atoms in total. The highest BCUT2D eigenvalue weighted by atomic mass is 32.2. The molecule has 9 heteroatoms. The van der Waals surface area contributed by atoms with Gasteiger partial charge in [-0.1, -0.05) is 42.5 Å². The molecule has 0 radical (unpaired) electrons. The first-order valence-corrected chi connectivity index (χ1v) is 12.4. The summed E-state index contributed by atoms with van der Waals surface area (Å²) in [6.07, 6.45) is 0. The van der Waals surface area contributed by atoms with E-state index in [9.17, 15) is 18.0 Å². The molecule has 3 rings (SSSR count). The Hall–Kier alpha value is -3.85. The number of hydrogen-bond donors (Lipinski definition) is 0. The molecule has 35 heavy (non-hydrogen) atoms. The van der Waals surface area contributed by atoms with Gasteiger partial charge in [0.05, 0.1) is 23.3 Å². The third-order valence-electron chi connectivity index (χ3n) is 5.34. The van der Waals surface area contributed by atoms with Crippen LogP contribution in [0.1, 0.15) is 22.8 Å². The van der Waals surface area contributed by atoms with E-state index in [1.807, 2.05) is 18.2 Å². The second-order valence-corrected chi connectivity index (χ2v) is 9.53. The van der Waals surface area contributed by atoms with Gasteiger partial charge >= 0.3 is 5.97 Å². The van der Waals surface area contributed by atoms with Crippen LogP contribution in [0.4, 0.5) is 5.69 Å².